The van der Waals surface area contributed by atoms with Crippen molar-refractivity contribution in [3.05, 3.63) is 23.0 Å². The standard InChI is InChI=1S/C13H22N2/c1-9(2)8-15-10(3)7-11-12(14)5-4-6-13(11)15/h7,9,12H,4-6,8,14H2,1-3H3. The van der Waals surface area contributed by atoms with E-state index in [1.165, 1.54) is 29.8 Å². The molecule has 1 unspecified atom stereocenters. The summed E-state index contributed by atoms with van der Waals surface area (Å²) >= 11 is 0. The monoisotopic (exact) mass is 206 g/mol. The molecule has 84 valence electrons. The van der Waals surface area contributed by atoms with E-state index in [9.17, 15) is 0 Å². The van der Waals surface area contributed by atoms with Crippen LogP contribution >= 0.6 is 0 Å². The highest BCUT2D eigenvalue weighted by Gasteiger charge is 2.21. The lowest BCUT2D eigenvalue weighted by Gasteiger charge is -2.22. The van der Waals surface area contributed by atoms with Crippen molar-refractivity contribution in [3.63, 3.8) is 0 Å². The van der Waals surface area contributed by atoms with Crippen LogP contribution in [0, 0.1) is 12.8 Å². The summed E-state index contributed by atoms with van der Waals surface area (Å²) in [7, 11) is 0. The molecular formula is C13H22N2. The summed E-state index contributed by atoms with van der Waals surface area (Å²) < 4.78 is 2.47. The van der Waals surface area contributed by atoms with Gasteiger partial charge in [-0.25, -0.2) is 0 Å². The van der Waals surface area contributed by atoms with Crippen LogP contribution in [-0.4, -0.2) is 4.57 Å². The number of hydrogen-bond donors (Lipinski definition) is 1. The van der Waals surface area contributed by atoms with Crippen molar-refractivity contribution in [2.45, 2.75) is 52.6 Å². The van der Waals surface area contributed by atoms with E-state index in [0.29, 0.717) is 5.92 Å². The molecule has 2 rings (SSSR count). The van der Waals surface area contributed by atoms with Crippen LogP contribution < -0.4 is 5.73 Å². The molecule has 0 saturated heterocycles. The molecule has 15 heavy (non-hydrogen) atoms. The van der Waals surface area contributed by atoms with Crippen molar-refractivity contribution >= 4 is 0 Å². The fraction of sp³-hybridized carbons (Fsp3) is 0.692. The van der Waals surface area contributed by atoms with Crippen LogP contribution in [-0.2, 0) is 13.0 Å². The third-order valence-corrected chi connectivity index (χ3v) is 3.33. The molecule has 0 amide bonds. The molecule has 0 fully saturated rings. The van der Waals surface area contributed by atoms with E-state index in [1.54, 1.807) is 0 Å². The first-order chi connectivity index (χ1) is 7.09. The van der Waals surface area contributed by atoms with Crippen LogP contribution in [0.25, 0.3) is 0 Å². The van der Waals surface area contributed by atoms with E-state index in [4.69, 9.17) is 5.73 Å². The van der Waals surface area contributed by atoms with Crippen molar-refractivity contribution < 1.29 is 0 Å². The number of aromatic nitrogens is 1. The molecule has 0 spiro atoms. The zero-order chi connectivity index (χ0) is 11.0. The van der Waals surface area contributed by atoms with E-state index in [-0.39, 0.29) is 6.04 Å². The molecule has 1 aliphatic rings. The van der Waals surface area contributed by atoms with Gasteiger partial charge in [0, 0.05) is 24.0 Å². The molecule has 0 aromatic carbocycles. The normalized spacial score (nSPS) is 20.7. The second-order valence-corrected chi connectivity index (χ2v) is 5.19. The Labute approximate surface area is 92.5 Å². The molecule has 1 aliphatic carbocycles. The summed E-state index contributed by atoms with van der Waals surface area (Å²) in [5, 5.41) is 0. The highest BCUT2D eigenvalue weighted by Crippen LogP contribution is 2.31. The fourth-order valence-electron chi connectivity index (χ4n) is 2.62. The lowest BCUT2D eigenvalue weighted by atomic mass is 9.93. The molecule has 2 N–H and O–H groups in total. The summed E-state index contributed by atoms with van der Waals surface area (Å²) in [6, 6.07) is 2.57. The quantitative estimate of drug-likeness (QED) is 0.792. The summed E-state index contributed by atoms with van der Waals surface area (Å²) in [5.74, 6) is 0.707. The first-order valence-corrected chi connectivity index (χ1v) is 6.04. The van der Waals surface area contributed by atoms with Gasteiger partial charge in [-0.15, -0.1) is 0 Å². The molecule has 0 bridgehead atoms. The molecule has 1 aromatic heterocycles. The molecule has 0 aliphatic heterocycles. The van der Waals surface area contributed by atoms with E-state index in [2.05, 4.69) is 31.4 Å². The largest absolute Gasteiger partial charge is 0.348 e. The van der Waals surface area contributed by atoms with Gasteiger partial charge in [-0.05, 0) is 43.7 Å². The van der Waals surface area contributed by atoms with Gasteiger partial charge in [-0.2, -0.15) is 0 Å². The van der Waals surface area contributed by atoms with E-state index >= 15 is 0 Å². The van der Waals surface area contributed by atoms with E-state index in [0.717, 1.165) is 13.0 Å². The minimum Gasteiger partial charge on any atom is -0.348 e. The van der Waals surface area contributed by atoms with Gasteiger partial charge in [0.1, 0.15) is 0 Å². The molecule has 1 heterocycles. The van der Waals surface area contributed by atoms with Gasteiger partial charge in [0.05, 0.1) is 0 Å². The van der Waals surface area contributed by atoms with Gasteiger partial charge in [-0.3, -0.25) is 0 Å². The topological polar surface area (TPSA) is 30.9 Å². The molecule has 0 saturated carbocycles. The average Bonchev–Trinajstić information content (AvgIpc) is 2.45. The second-order valence-electron chi connectivity index (χ2n) is 5.19. The van der Waals surface area contributed by atoms with Gasteiger partial charge in [-0.1, -0.05) is 13.8 Å². The van der Waals surface area contributed by atoms with Crippen LogP contribution in [0.4, 0.5) is 0 Å². The first-order valence-electron chi connectivity index (χ1n) is 6.04. The maximum absolute atomic E-state index is 6.15. The lowest BCUT2D eigenvalue weighted by Crippen LogP contribution is -2.19. The molecule has 1 aromatic rings. The van der Waals surface area contributed by atoms with Crippen molar-refractivity contribution in [3.8, 4) is 0 Å². The Bertz CT molecular complexity index is 350. The van der Waals surface area contributed by atoms with E-state index < -0.39 is 0 Å². The van der Waals surface area contributed by atoms with Crippen molar-refractivity contribution in [1.82, 2.24) is 4.57 Å². The molecule has 0 radical (unpaired) electrons. The Hall–Kier alpha value is -0.760. The summed E-state index contributed by atoms with van der Waals surface area (Å²) in [5.41, 5.74) is 10.4. The van der Waals surface area contributed by atoms with Crippen molar-refractivity contribution in [2.24, 2.45) is 11.7 Å². The summed E-state index contributed by atoms with van der Waals surface area (Å²) in [6.45, 7) is 7.88. The number of rotatable bonds is 2. The maximum Gasteiger partial charge on any atom is 0.0313 e. The maximum atomic E-state index is 6.15. The third kappa shape index (κ3) is 1.96. The number of hydrogen-bond acceptors (Lipinski definition) is 1. The molecule has 2 heteroatoms. The Kier molecular flexibility index (Phi) is 2.87. The Balaban J connectivity index is 2.38. The number of nitrogens with zero attached hydrogens (tertiary/aromatic N) is 1. The van der Waals surface area contributed by atoms with Gasteiger partial charge >= 0.3 is 0 Å². The molecular weight excluding hydrogens is 184 g/mol. The Morgan fingerprint density at radius 1 is 1.53 bits per heavy atom. The average molecular weight is 206 g/mol. The van der Waals surface area contributed by atoms with Crippen LogP contribution in [0.2, 0.25) is 0 Å². The highest BCUT2D eigenvalue weighted by molar-refractivity contribution is 5.32. The van der Waals surface area contributed by atoms with Crippen LogP contribution in [0.1, 0.15) is 49.7 Å². The number of nitrogens with two attached hydrogens (primary N) is 1. The summed E-state index contributed by atoms with van der Waals surface area (Å²) in [6.07, 6.45) is 3.61. The van der Waals surface area contributed by atoms with Crippen molar-refractivity contribution in [1.29, 1.82) is 0 Å². The Morgan fingerprint density at radius 2 is 2.27 bits per heavy atom. The zero-order valence-corrected chi connectivity index (χ0v) is 10.1. The minimum absolute atomic E-state index is 0.279. The predicted molar refractivity (Wildman–Crippen MR) is 63.9 cm³/mol. The first kappa shape index (κ1) is 10.7. The van der Waals surface area contributed by atoms with Gasteiger partial charge in [0.2, 0.25) is 0 Å². The second kappa shape index (κ2) is 4.01. The third-order valence-electron chi connectivity index (χ3n) is 3.33. The number of aryl methyl sites for hydroxylation is 1. The predicted octanol–water partition coefficient (Wildman–Crippen LogP) is 2.79. The van der Waals surface area contributed by atoms with E-state index in [1.807, 2.05) is 0 Å². The summed E-state index contributed by atoms with van der Waals surface area (Å²) in [4.78, 5) is 0. The minimum atomic E-state index is 0.279. The van der Waals surface area contributed by atoms with Crippen LogP contribution in [0.3, 0.4) is 0 Å². The van der Waals surface area contributed by atoms with Crippen LogP contribution in [0.15, 0.2) is 6.07 Å². The number of fused-ring (bicyclic) bond motifs is 1. The highest BCUT2D eigenvalue weighted by atomic mass is 15.0. The van der Waals surface area contributed by atoms with Gasteiger partial charge < -0.3 is 10.3 Å². The lowest BCUT2D eigenvalue weighted by molar-refractivity contribution is 0.480. The van der Waals surface area contributed by atoms with Crippen molar-refractivity contribution in [2.75, 3.05) is 0 Å². The zero-order valence-electron chi connectivity index (χ0n) is 10.1. The van der Waals surface area contributed by atoms with Gasteiger partial charge in [0.15, 0.2) is 0 Å². The van der Waals surface area contributed by atoms with Crippen LogP contribution in [0.5, 0.6) is 0 Å². The fourth-order valence-corrected chi connectivity index (χ4v) is 2.62. The molecule has 1 atom stereocenters. The SMILES string of the molecule is Cc1cc2c(n1CC(C)C)CCCC2N. The molecule has 2 nitrogen and oxygen atoms in total. The smallest absolute Gasteiger partial charge is 0.0313 e. The van der Waals surface area contributed by atoms with Gasteiger partial charge in [0.25, 0.3) is 0 Å². The Morgan fingerprint density at radius 3 is 2.93 bits per heavy atom.